The molecule has 0 fully saturated rings. The van der Waals surface area contributed by atoms with Gasteiger partial charge in [0, 0.05) is 20.6 Å². The lowest BCUT2D eigenvalue weighted by Crippen LogP contribution is -2.37. The monoisotopic (exact) mass is 343 g/mol. The molecule has 2 aromatic rings. The Bertz CT molecular complexity index is 728. The molecule has 25 heavy (non-hydrogen) atoms. The van der Waals surface area contributed by atoms with Gasteiger partial charge < -0.3 is 15.5 Å². The predicted octanol–water partition coefficient (Wildman–Crippen LogP) is 2.85. The lowest BCUT2D eigenvalue weighted by atomic mass is 10.1. The molecule has 0 atom stereocenters. The van der Waals surface area contributed by atoms with Gasteiger partial charge in [-0.15, -0.1) is 0 Å². The van der Waals surface area contributed by atoms with E-state index in [9.17, 15) is 4.39 Å². The van der Waals surface area contributed by atoms with E-state index in [4.69, 9.17) is 0 Å². The van der Waals surface area contributed by atoms with Gasteiger partial charge in [-0.2, -0.15) is 0 Å². The third kappa shape index (κ3) is 5.74. The molecule has 0 spiro atoms. The molecule has 6 heteroatoms. The van der Waals surface area contributed by atoms with Crippen LogP contribution in [0.25, 0.3) is 0 Å². The Morgan fingerprint density at radius 3 is 2.68 bits per heavy atom. The third-order valence-corrected chi connectivity index (χ3v) is 3.67. The number of anilines is 1. The van der Waals surface area contributed by atoms with E-state index in [2.05, 4.69) is 20.6 Å². The first-order valence-electron chi connectivity index (χ1n) is 8.40. The molecule has 2 N–H and O–H groups in total. The molecule has 0 bridgehead atoms. The van der Waals surface area contributed by atoms with Gasteiger partial charge in [0.1, 0.15) is 11.6 Å². The number of hydrogen-bond acceptors (Lipinski definition) is 3. The summed E-state index contributed by atoms with van der Waals surface area (Å²) in [6, 6.07) is 11.0. The van der Waals surface area contributed by atoms with Gasteiger partial charge in [0.2, 0.25) is 0 Å². The van der Waals surface area contributed by atoms with Crippen LogP contribution in [0.4, 0.5) is 10.2 Å². The average molecular weight is 343 g/mol. The molecule has 1 heterocycles. The van der Waals surface area contributed by atoms with E-state index in [0.717, 1.165) is 23.6 Å². The fraction of sp³-hybridized carbons (Fsp3) is 0.368. The summed E-state index contributed by atoms with van der Waals surface area (Å²) < 4.78 is 13.3. The van der Waals surface area contributed by atoms with Gasteiger partial charge in [-0.1, -0.05) is 18.2 Å². The number of guanidine groups is 1. The number of pyridine rings is 1. The maximum Gasteiger partial charge on any atom is 0.191 e. The number of aliphatic imine (C=N–C) groups is 1. The Labute approximate surface area is 149 Å². The van der Waals surface area contributed by atoms with Crippen molar-refractivity contribution in [3.63, 3.8) is 0 Å². The molecule has 0 aliphatic carbocycles. The van der Waals surface area contributed by atoms with Crippen molar-refractivity contribution in [2.75, 3.05) is 25.5 Å². The summed E-state index contributed by atoms with van der Waals surface area (Å²) in [6.45, 7) is 5.61. The third-order valence-electron chi connectivity index (χ3n) is 3.67. The zero-order chi connectivity index (χ0) is 18.2. The molecule has 1 aromatic heterocycles. The number of nitrogens with one attached hydrogen (secondary N) is 2. The normalized spacial score (nSPS) is 11.3. The number of nitrogens with zero attached hydrogens (tertiary/aromatic N) is 3. The smallest absolute Gasteiger partial charge is 0.191 e. The molecule has 5 nitrogen and oxygen atoms in total. The van der Waals surface area contributed by atoms with Gasteiger partial charge in [0.25, 0.3) is 0 Å². The molecule has 0 amide bonds. The molecule has 0 saturated carbocycles. The van der Waals surface area contributed by atoms with Crippen molar-refractivity contribution < 1.29 is 4.39 Å². The predicted molar refractivity (Wildman–Crippen MR) is 101 cm³/mol. The number of aryl methyl sites for hydroxylation is 1. The van der Waals surface area contributed by atoms with Crippen LogP contribution in [0.1, 0.15) is 23.7 Å². The number of rotatable bonds is 6. The Kier molecular flexibility index (Phi) is 6.74. The number of benzene rings is 1. The lowest BCUT2D eigenvalue weighted by Gasteiger charge is -2.14. The Balaban J connectivity index is 2.02. The maximum absolute atomic E-state index is 13.3. The first kappa shape index (κ1) is 18.7. The van der Waals surface area contributed by atoms with E-state index < -0.39 is 0 Å². The maximum atomic E-state index is 13.3. The minimum absolute atomic E-state index is 0.190. The second-order valence-corrected chi connectivity index (χ2v) is 6.01. The summed E-state index contributed by atoms with van der Waals surface area (Å²) in [5.74, 6) is 1.44. The quantitative estimate of drug-likeness (QED) is 0.626. The van der Waals surface area contributed by atoms with E-state index in [1.165, 1.54) is 6.07 Å². The van der Waals surface area contributed by atoms with Crippen LogP contribution in [0.3, 0.4) is 0 Å². The van der Waals surface area contributed by atoms with Crippen molar-refractivity contribution in [1.29, 1.82) is 0 Å². The van der Waals surface area contributed by atoms with Gasteiger partial charge in [-0.25, -0.2) is 14.4 Å². The Morgan fingerprint density at radius 1 is 1.20 bits per heavy atom. The van der Waals surface area contributed by atoms with Crippen molar-refractivity contribution in [1.82, 2.24) is 15.6 Å². The second-order valence-electron chi connectivity index (χ2n) is 6.01. The van der Waals surface area contributed by atoms with Crippen molar-refractivity contribution in [3.05, 3.63) is 59.0 Å². The number of halogens is 1. The van der Waals surface area contributed by atoms with Gasteiger partial charge in [0.15, 0.2) is 5.96 Å². The van der Waals surface area contributed by atoms with Gasteiger partial charge >= 0.3 is 0 Å². The summed E-state index contributed by atoms with van der Waals surface area (Å²) >= 11 is 0. The summed E-state index contributed by atoms with van der Waals surface area (Å²) in [4.78, 5) is 11.1. The van der Waals surface area contributed by atoms with Gasteiger partial charge in [-0.3, -0.25) is 0 Å². The van der Waals surface area contributed by atoms with Crippen LogP contribution < -0.4 is 15.5 Å². The topological polar surface area (TPSA) is 52.6 Å². The van der Waals surface area contributed by atoms with E-state index in [1.54, 1.807) is 13.0 Å². The molecule has 0 unspecified atom stereocenters. The summed E-state index contributed by atoms with van der Waals surface area (Å²) in [5, 5.41) is 6.50. The molecular weight excluding hydrogens is 317 g/mol. The van der Waals surface area contributed by atoms with E-state index in [1.807, 2.05) is 50.2 Å². The molecule has 1 aromatic carbocycles. The molecule has 0 saturated heterocycles. The Hall–Kier alpha value is -2.63. The molecule has 2 rings (SSSR count). The van der Waals surface area contributed by atoms with Crippen LogP contribution in [0.5, 0.6) is 0 Å². The van der Waals surface area contributed by atoms with Crippen molar-refractivity contribution in [2.24, 2.45) is 4.99 Å². The molecule has 0 aliphatic heterocycles. The Morgan fingerprint density at radius 2 is 2.00 bits per heavy atom. The standard InChI is InChI=1S/C19H26FN5/c1-5-21-19(22-12-15-9-10-17(20)14(2)11-15)23-13-16-7-6-8-18(24-16)25(3)4/h6-11H,5,12-13H2,1-4H3,(H2,21,22,23). The van der Waals surface area contributed by atoms with E-state index in [0.29, 0.717) is 24.6 Å². The largest absolute Gasteiger partial charge is 0.363 e. The van der Waals surface area contributed by atoms with Crippen molar-refractivity contribution in [2.45, 2.75) is 26.9 Å². The lowest BCUT2D eigenvalue weighted by molar-refractivity contribution is 0.617. The zero-order valence-electron chi connectivity index (χ0n) is 15.3. The molecule has 0 radical (unpaired) electrons. The van der Waals surface area contributed by atoms with E-state index >= 15 is 0 Å². The first-order valence-corrected chi connectivity index (χ1v) is 8.40. The summed E-state index contributed by atoms with van der Waals surface area (Å²) in [7, 11) is 3.94. The first-order chi connectivity index (χ1) is 12.0. The van der Waals surface area contributed by atoms with Gasteiger partial charge in [0.05, 0.1) is 18.8 Å². The van der Waals surface area contributed by atoms with Crippen molar-refractivity contribution in [3.8, 4) is 0 Å². The fourth-order valence-corrected chi connectivity index (χ4v) is 2.31. The average Bonchev–Trinajstić information content (AvgIpc) is 2.60. The minimum atomic E-state index is -0.190. The SMILES string of the molecule is CCNC(=NCc1ccc(F)c(C)c1)NCc1cccc(N(C)C)n1. The highest BCUT2D eigenvalue weighted by Gasteiger charge is 2.03. The fourth-order valence-electron chi connectivity index (χ4n) is 2.31. The molecular formula is C19H26FN5. The summed E-state index contributed by atoms with van der Waals surface area (Å²) in [5.41, 5.74) is 2.55. The minimum Gasteiger partial charge on any atom is -0.363 e. The molecule has 0 aliphatic rings. The highest BCUT2D eigenvalue weighted by Crippen LogP contribution is 2.10. The van der Waals surface area contributed by atoms with Crippen LogP contribution in [0, 0.1) is 12.7 Å². The second kappa shape index (κ2) is 9.01. The van der Waals surface area contributed by atoms with Crippen LogP contribution in [0.2, 0.25) is 0 Å². The van der Waals surface area contributed by atoms with E-state index in [-0.39, 0.29) is 5.82 Å². The number of hydrogen-bond donors (Lipinski definition) is 2. The van der Waals surface area contributed by atoms with Gasteiger partial charge in [-0.05, 0) is 43.2 Å². The highest BCUT2D eigenvalue weighted by atomic mass is 19.1. The highest BCUT2D eigenvalue weighted by molar-refractivity contribution is 5.79. The van der Waals surface area contributed by atoms with Crippen LogP contribution in [-0.4, -0.2) is 31.6 Å². The number of aromatic nitrogens is 1. The van der Waals surface area contributed by atoms with Crippen LogP contribution in [0.15, 0.2) is 41.4 Å². The summed E-state index contributed by atoms with van der Waals surface area (Å²) in [6.07, 6.45) is 0. The van der Waals surface area contributed by atoms with Crippen molar-refractivity contribution >= 4 is 11.8 Å². The van der Waals surface area contributed by atoms with Crippen LogP contribution in [-0.2, 0) is 13.1 Å². The molecule has 134 valence electrons. The zero-order valence-corrected chi connectivity index (χ0v) is 15.3. The van der Waals surface area contributed by atoms with Crippen LogP contribution >= 0.6 is 0 Å².